The SMILES string of the molecule is CCCOc1nc(SC2CCCCC2)ccc1N. The van der Waals surface area contributed by atoms with Gasteiger partial charge in [0, 0.05) is 5.25 Å². The van der Waals surface area contributed by atoms with Gasteiger partial charge >= 0.3 is 0 Å². The molecule has 4 heteroatoms. The maximum Gasteiger partial charge on any atom is 0.238 e. The summed E-state index contributed by atoms with van der Waals surface area (Å²) in [6.45, 7) is 2.76. The first-order valence-electron chi connectivity index (χ1n) is 6.85. The number of rotatable bonds is 5. The molecule has 3 nitrogen and oxygen atoms in total. The van der Waals surface area contributed by atoms with Gasteiger partial charge in [-0.2, -0.15) is 0 Å². The predicted octanol–water partition coefficient (Wildman–Crippen LogP) is 3.88. The molecule has 1 fully saturated rings. The Labute approximate surface area is 114 Å². The first-order valence-corrected chi connectivity index (χ1v) is 7.73. The van der Waals surface area contributed by atoms with Gasteiger partial charge in [-0.25, -0.2) is 4.98 Å². The molecular formula is C14H22N2OS. The van der Waals surface area contributed by atoms with Crippen molar-refractivity contribution in [1.29, 1.82) is 0 Å². The Balaban J connectivity index is 1.99. The number of hydrogen-bond acceptors (Lipinski definition) is 4. The summed E-state index contributed by atoms with van der Waals surface area (Å²) in [6.07, 6.45) is 7.68. The molecule has 0 unspecified atom stereocenters. The molecule has 2 rings (SSSR count). The monoisotopic (exact) mass is 266 g/mol. The van der Waals surface area contributed by atoms with Crippen LogP contribution in [0.2, 0.25) is 0 Å². The molecule has 0 aliphatic heterocycles. The average Bonchev–Trinajstić information content (AvgIpc) is 2.40. The lowest BCUT2D eigenvalue weighted by atomic mass is 10.0. The van der Waals surface area contributed by atoms with Crippen molar-refractivity contribution >= 4 is 17.4 Å². The molecule has 0 spiro atoms. The summed E-state index contributed by atoms with van der Waals surface area (Å²) in [4.78, 5) is 4.52. The number of nitrogens with two attached hydrogens (primary N) is 1. The molecule has 0 aromatic carbocycles. The van der Waals surface area contributed by atoms with E-state index in [1.54, 1.807) is 0 Å². The largest absolute Gasteiger partial charge is 0.476 e. The fraction of sp³-hybridized carbons (Fsp3) is 0.643. The van der Waals surface area contributed by atoms with Gasteiger partial charge in [-0.15, -0.1) is 11.8 Å². The number of anilines is 1. The molecule has 2 N–H and O–H groups in total. The van der Waals surface area contributed by atoms with Gasteiger partial charge in [0.05, 0.1) is 12.3 Å². The van der Waals surface area contributed by atoms with Crippen molar-refractivity contribution in [2.24, 2.45) is 0 Å². The standard InChI is InChI=1S/C14H22N2OS/c1-2-10-17-14-12(15)8-9-13(16-14)18-11-6-4-3-5-7-11/h8-9,11H,2-7,10,15H2,1H3. The van der Waals surface area contributed by atoms with E-state index in [0.717, 1.165) is 11.4 Å². The summed E-state index contributed by atoms with van der Waals surface area (Å²) in [5.74, 6) is 0.595. The van der Waals surface area contributed by atoms with E-state index in [1.807, 2.05) is 23.9 Å². The highest BCUT2D eigenvalue weighted by molar-refractivity contribution is 7.99. The Hall–Kier alpha value is -0.900. The lowest BCUT2D eigenvalue weighted by molar-refractivity contribution is 0.305. The fourth-order valence-corrected chi connectivity index (χ4v) is 3.36. The number of nitrogens with zero attached hydrogens (tertiary/aromatic N) is 1. The van der Waals surface area contributed by atoms with Crippen LogP contribution in [0.1, 0.15) is 45.4 Å². The molecule has 1 aliphatic rings. The van der Waals surface area contributed by atoms with Crippen LogP contribution in [0.4, 0.5) is 5.69 Å². The van der Waals surface area contributed by atoms with Crippen LogP contribution in [-0.2, 0) is 0 Å². The molecule has 18 heavy (non-hydrogen) atoms. The van der Waals surface area contributed by atoms with Crippen LogP contribution >= 0.6 is 11.8 Å². The number of thioether (sulfide) groups is 1. The van der Waals surface area contributed by atoms with Crippen LogP contribution < -0.4 is 10.5 Å². The summed E-state index contributed by atoms with van der Waals surface area (Å²) in [5, 5.41) is 1.76. The summed E-state index contributed by atoms with van der Waals surface area (Å²) in [5.41, 5.74) is 6.50. The zero-order valence-electron chi connectivity index (χ0n) is 11.0. The van der Waals surface area contributed by atoms with Crippen LogP contribution in [0.25, 0.3) is 0 Å². The van der Waals surface area contributed by atoms with Gasteiger partial charge in [-0.05, 0) is 31.4 Å². The maximum absolute atomic E-state index is 5.87. The van der Waals surface area contributed by atoms with Crippen LogP contribution in [0.15, 0.2) is 17.2 Å². The summed E-state index contributed by atoms with van der Waals surface area (Å²) in [7, 11) is 0. The number of pyridine rings is 1. The summed E-state index contributed by atoms with van der Waals surface area (Å²) >= 11 is 1.87. The Bertz CT molecular complexity index is 378. The molecule has 0 atom stereocenters. The van der Waals surface area contributed by atoms with E-state index < -0.39 is 0 Å². The quantitative estimate of drug-likeness (QED) is 0.878. The van der Waals surface area contributed by atoms with Gasteiger partial charge in [0.1, 0.15) is 5.03 Å². The molecule has 0 amide bonds. The Morgan fingerprint density at radius 3 is 2.83 bits per heavy atom. The van der Waals surface area contributed by atoms with E-state index >= 15 is 0 Å². The molecule has 0 radical (unpaired) electrons. The average molecular weight is 266 g/mol. The molecule has 1 saturated carbocycles. The van der Waals surface area contributed by atoms with Gasteiger partial charge in [0.25, 0.3) is 0 Å². The summed E-state index contributed by atoms with van der Waals surface area (Å²) < 4.78 is 5.57. The van der Waals surface area contributed by atoms with Gasteiger partial charge < -0.3 is 10.5 Å². The first kappa shape index (κ1) is 13.5. The highest BCUT2D eigenvalue weighted by Gasteiger charge is 2.16. The van der Waals surface area contributed by atoms with E-state index in [2.05, 4.69) is 11.9 Å². The Morgan fingerprint density at radius 1 is 1.33 bits per heavy atom. The van der Waals surface area contributed by atoms with Crippen LogP contribution in [0, 0.1) is 0 Å². The van der Waals surface area contributed by atoms with E-state index in [1.165, 1.54) is 32.1 Å². The second kappa shape index (κ2) is 6.88. The minimum Gasteiger partial charge on any atom is -0.476 e. The third-order valence-corrected chi connectivity index (χ3v) is 4.42. The van der Waals surface area contributed by atoms with Crippen LogP contribution in [-0.4, -0.2) is 16.8 Å². The fourth-order valence-electron chi connectivity index (χ4n) is 2.17. The van der Waals surface area contributed by atoms with Crippen molar-refractivity contribution in [3.63, 3.8) is 0 Å². The maximum atomic E-state index is 5.87. The van der Waals surface area contributed by atoms with Crippen molar-refractivity contribution in [2.45, 2.75) is 55.7 Å². The van der Waals surface area contributed by atoms with E-state index in [0.29, 0.717) is 23.4 Å². The van der Waals surface area contributed by atoms with E-state index in [9.17, 15) is 0 Å². The number of ether oxygens (including phenoxy) is 1. The number of nitrogen functional groups attached to an aromatic ring is 1. The minimum absolute atomic E-state index is 0.595. The third-order valence-electron chi connectivity index (χ3n) is 3.15. The molecule has 0 bridgehead atoms. The lowest BCUT2D eigenvalue weighted by Gasteiger charge is -2.20. The zero-order chi connectivity index (χ0) is 12.8. The second-order valence-corrected chi connectivity index (χ2v) is 6.09. The lowest BCUT2D eigenvalue weighted by Crippen LogP contribution is -2.08. The molecule has 1 aromatic rings. The van der Waals surface area contributed by atoms with Gasteiger partial charge in [-0.3, -0.25) is 0 Å². The van der Waals surface area contributed by atoms with Crippen molar-refractivity contribution in [2.75, 3.05) is 12.3 Å². The van der Waals surface area contributed by atoms with Crippen molar-refractivity contribution in [3.05, 3.63) is 12.1 Å². The smallest absolute Gasteiger partial charge is 0.238 e. The van der Waals surface area contributed by atoms with Crippen molar-refractivity contribution in [1.82, 2.24) is 4.98 Å². The number of aromatic nitrogens is 1. The van der Waals surface area contributed by atoms with Crippen LogP contribution in [0.3, 0.4) is 0 Å². The van der Waals surface area contributed by atoms with Gasteiger partial charge in [0.2, 0.25) is 5.88 Å². The molecule has 1 aromatic heterocycles. The Kier molecular flexibility index (Phi) is 5.17. The third kappa shape index (κ3) is 3.80. The molecular weight excluding hydrogens is 244 g/mol. The van der Waals surface area contributed by atoms with Crippen molar-refractivity contribution in [3.8, 4) is 5.88 Å². The van der Waals surface area contributed by atoms with Gasteiger partial charge in [0.15, 0.2) is 0 Å². The summed E-state index contributed by atoms with van der Waals surface area (Å²) in [6, 6.07) is 3.91. The number of hydrogen-bond donors (Lipinski definition) is 1. The first-order chi connectivity index (χ1) is 8.79. The molecule has 1 aliphatic carbocycles. The highest BCUT2D eigenvalue weighted by Crippen LogP contribution is 2.34. The molecule has 100 valence electrons. The van der Waals surface area contributed by atoms with Gasteiger partial charge in [-0.1, -0.05) is 26.2 Å². The Morgan fingerprint density at radius 2 is 2.11 bits per heavy atom. The molecule has 0 saturated heterocycles. The van der Waals surface area contributed by atoms with E-state index in [4.69, 9.17) is 10.5 Å². The van der Waals surface area contributed by atoms with Crippen LogP contribution in [0.5, 0.6) is 5.88 Å². The molecule has 1 heterocycles. The van der Waals surface area contributed by atoms with Crippen molar-refractivity contribution < 1.29 is 4.74 Å². The normalized spacial score (nSPS) is 16.7. The zero-order valence-corrected chi connectivity index (χ0v) is 11.8. The minimum atomic E-state index is 0.595. The predicted molar refractivity (Wildman–Crippen MR) is 77.2 cm³/mol. The highest BCUT2D eigenvalue weighted by atomic mass is 32.2. The topological polar surface area (TPSA) is 48.1 Å². The second-order valence-electron chi connectivity index (χ2n) is 4.77. The van der Waals surface area contributed by atoms with E-state index in [-0.39, 0.29) is 0 Å².